The van der Waals surface area contributed by atoms with Gasteiger partial charge in [-0.05, 0) is 30.3 Å². The first kappa shape index (κ1) is 10.9. The van der Waals surface area contributed by atoms with E-state index in [0.29, 0.717) is 0 Å². The number of benzene rings is 2. The molecule has 0 fully saturated rings. The Labute approximate surface area is 105 Å². The van der Waals surface area contributed by atoms with Gasteiger partial charge >= 0.3 is 0 Å². The molecule has 0 atom stereocenters. The van der Waals surface area contributed by atoms with E-state index in [2.05, 4.69) is 4.98 Å². The summed E-state index contributed by atoms with van der Waals surface area (Å²) in [5.41, 5.74) is 1.77. The molecule has 3 nitrogen and oxygen atoms in total. The molecule has 3 aromatic rings. The standard InChI is InChI=1S/C15H13NO2/c17-10-12-8-11-6-7-14(9-15(11)16-12)18-13-4-2-1-3-5-13/h1-9,16-17H,10H2. The number of fused-ring (bicyclic) bond motifs is 1. The Bertz CT molecular complexity index is 659. The molecule has 0 aliphatic rings. The highest BCUT2D eigenvalue weighted by atomic mass is 16.5. The summed E-state index contributed by atoms with van der Waals surface area (Å²) < 4.78 is 5.75. The largest absolute Gasteiger partial charge is 0.457 e. The molecule has 90 valence electrons. The quantitative estimate of drug-likeness (QED) is 0.735. The number of aromatic amines is 1. The fraction of sp³-hybridized carbons (Fsp3) is 0.0667. The number of aliphatic hydroxyl groups excluding tert-OH is 1. The number of H-pyrrole nitrogens is 1. The molecule has 2 aromatic carbocycles. The summed E-state index contributed by atoms with van der Waals surface area (Å²) in [6.07, 6.45) is 0. The van der Waals surface area contributed by atoms with Crippen LogP contribution in [0.3, 0.4) is 0 Å². The van der Waals surface area contributed by atoms with Crippen LogP contribution >= 0.6 is 0 Å². The van der Waals surface area contributed by atoms with Gasteiger partial charge < -0.3 is 14.8 Å². The lowest BCUT2D eigenvalue weighted by molar-refractivity contribution is 0.278. The number of ether oxygens (including phenoxy) is 1. The van der Waals surface area contributed by atoms with E-state index in [-0.39, 0.29) is 6.61 Å². The Kier molecular flexibility index (Phi) is 2.74. The minimum absolute atomic E-state index is 0.0174. The van der Waals surface area contributed by atoms with E-state index in [1.807, 2.05) is 54.6 Å². The molecule has 2 N–H and O–H groups in total. The number of rotatable bonds is 3. The van der Waals surface area contributed by atoms with Gasteiger partial charge in [0.15, 0.2) is 0 Å². The molecule has 18 heavy (non-hydrogen) atoms. The molecule has 0 unspecified atom stereocenters. The Morgan fingerprint density at radius 2 is 1.78 bits per heavy atom. The van der Waals surface area contributed by atoms with Gasteiger partial charge in [0.25, 0.3) is 0 Å². The number of aliphatic hydroxyl groups is 1. The molecule has 0 aliphatic carbocycles. The first-order chi connectivity index (χ1) is 8.85. The zero-order valence-electron chi connectivity index (χ0n) is 9.76. The Hall–Kier alpha value is -2.26. The van der Waals surface area contributed by atoms with Crippen molar-refractivity contribution in [2.45, 2.75) is 6.61 Å². The fourth-order valence-electron chi connectivity index (χ4n) is 1.94. The van der Waals surface area contributed by atoms with Crippen molar-refractivity contribution in [2.75, 3.05) is 0 Å². The van der Waals surface area contributed by atoms with E-state index in [1.165, 1.54) is 0 Å². The Morgan fingerprint density at radius 1 is 0.944 bits per heavy atom. The minimum Gasteiger partial charge on any atom is -0.457 e. The van der Waals surface area contributed by atoms with Crippen LogP contribution in [-0.4, -0.2) is 10.1 Å². The monoisotopic (exact) mass is 239 g/mol. The van der Waals surface area contributed by atoms with Crippen LogP contribution in [0.5, 0.6) is 11.5 Å². The molecule has 0 bridgehead atoms. The van der Waals surface area contributed by atoms with Crippen LogP contribution in [0.15, 0.2) is 54.6 Å². The van der Waals surface area contributed by atoms with Gasteiger partial charge in [0.05, 0.1) is 6.61 Å². The van der Waals surface area contributed by atoms with E-state index < -0.39 is 0 Å². The maximum absolute atomic E-state index is 9.08. The van der Waals surface area contributed by atoms with Crippen LogP contribution in [-0.2, 0) is 6.61 Å². The van der Waals surface area contributed by atoms with E-state index in [9.17, 15) is 0 Å². The number of aromatic nitrogens is 1. The Balaban J connectivity index is 1.93. The number of para-hydroxylation sites is 1. The van der Waals surface area contributed by atoms with Crippen LogP contribution in [0.4, 0.5) is 0 Å². The Morgan fingerprint density at radius 3 is 2.56 bits per heavy atom. The first-order valence-electron chi connectivity index (χ1n) is 5.80. The second-order valence-corrected chi connectivity index (χ2v) is 4.12. The lowest BCUT2D eigenvalue weighted by Gasteiger charge is -2.04. The highest BCUT2D eigenvalue weighted by molar-refractivity contribution is 5.81. The zero-order chi connectivity index (χ0) is 12.4. The van der Waals surface area contributed by atoms with Gasteiger partial charge in [0.2, 0.25) is 0 Å². The third-order valence-corrected chi connectivity index (χ3v) is 2.80. The van der Waals surface area contributed by atoms with Crippen molar-refractivity contribution in [3.8, 4) is 11.5 Å². The van der Waals surface area contributed by atoms with Gasteiger partial charge in [0.1, 0.15) is 11.5 Å². The van der Waals surface area contributed by atoms with Crippen molar-refractivity contribution < 1.29 is 9.84 Å². The second-order valence-electron chi connectivity index (χ2n) is 4.12. The predicted octanol–water partition coefficient (Wildman–Crippen LogP) is 3.45. The minimum atomic E-state index is 0.0174. The fourth-order valence-corrected chi connectivity index (χ4v) is 1.94. The van der Waals surface area contributed by atoms with Crippen LogP contribution in [0.1, 0.15) is 5.69 Å². The van der Waals surface area contributed by atoms with Gasteiger partial charge in [-0.3, -0.25) is 0 Å². The molecule has 0 saturated carbocycles. The summed E-state index contributed by atoms with van der Waals surface area (Å²) >= 11 is 0. The van der Waals surface area contributed by atoms with Crippen molar-refractivity contribution in [1.29, 1.82) is 0 Å². The molecular formula is C15H13NO2. The van der Waals surface area contributed by atoms with Crippen LogP contribution < -0.4 is 4.74 Å². The lowest BCUT2D eigenvalue weighted by Crippen LogP contribution is -1.83. The average molecular weight is 239 g/mol. The van der Waals surface area contributed by atoms with Crippen molar-refractivity contribution in [3.63, 3.8) is 0 Å². The summed E-state index contributed by atoms with van der Waals surface area (Å²) in [6.45, 7) is 0.0174. The van der Waals surface area contributed by atoms with E-state index in [4.69, 9.17) is 9.84 Å². The molecule has 3 rings (SSSR count). The first-order valence-corrected chi connectivity index (χ1v) is 5.80. The third kappa shape index (κ3) is 2.08. The van der Waals surface area contributed by atoms with Gasteiger partial charge in [-0.25, -0.2) is 0 Å². The van der Waals surface area contributed by atoms with E-state index in [1.54, 1.807) is 0 Å². The summed E-state index contributed by atoms with van der Waals surface area (Å²) in [5.74, 6) is 1.59. The molecule has 0 saturated heterocycles. The summed E-state index contributed by atoms with van der Waals surface area (Å²) in [7, 11) is 0. The zero-order valence-corrected chi connectivity index (χ0v) is 9.76. The van der Waals surface area contributed by atoms with E-state index >= 15 is 0 Å². The maximum Gasteiger partial charge on any atom is 0.129 e. The smallest absolute Gasteiger partial charge is 0.129 e. The third-order valence-electron chi connectivity index (χ3n) is 2.80. The number of nitrogens with one attached hydrogen (secondary N) is 1. The molecule has 0 spiro atoms. The average Bonchev–Trinajstić information content (AvgIpc) is 2.82. The second kappa shape index (κ2) is 4.55. The van der Waals surface area contributed by atoms with Gasteiger partial charge in [-0.1, -0.05) is 18.2 Å². The molecule has 1 aromatic heterocycles. The van der Waals surface area contributed by atoms with Crippen molar-refractivity contribution in [1.82, 2.24) is 4.98 Å². The number of hydrogen-bond donors (Lipinski definition) is 2. The van der Waals surface area contributed by atoms with Crippen molar-refractivity contribution in [3.05, 3.63) is 60.3 Å². The van der Waals surface area contributed by atoms with Crippen molar-refractivity contribution >= 4 is 10.9 Å². The molecule has 3 heteroatoms. The van der Waals surface area contributed by atoms with Crippen molar-refractivity contribution in [2.24, 2.45) is 0 Å². The normalized spacial score (nSPS) is 10.7. The lowest BCUT2D eigenvalue weighted by atomic mass is 10.2. The van der Waals surface area contributed by atoms with E-state index in [0.717, 1.165) is 28.1 Å². The topological polar surface area (TPSA) is 45.2 Å². The SMILES string of the molecule is OCc1cc2ccc(Oc3ccccc3)cc2[nH]1. The van der Waals surface area contributed by atoms with Crippen LogP contribution in [0, 0.1) is 0 Å². The van der Waals surface area contributed by atoms with Gasteiger partial charge in [0, 0.05) is 22.7 Å². The highest BCUT2D eigenvalue weighted by Crippen LogP contribution is 2.25. The molecule has 0 radical (unpaired) electrons. The molecular weight excluding hydrogens is 226 g/mol. The summed E-state index contributed by atoms with van der Waals surface area (Å²) in [6, 6.07) is 17.4. The molecule has 1 heterocycles. The highest BCUT2D eigenvalue weighted by Gasteiger charge is 2.02. The molecule has 0 amide bonds. The predicted molar refractivity (Wildman–Crippen MR) is 70.7 cm³/mol. The summed E-state index contributed by atoms with van der Waals surface area (Å²) in [5, 5.41) is 10.1. The number of hydrogen-bond acceptors (Lipinski definition) is 2. The van der Waals surface area contributed by atoms with Crippen LogP contribution in [0.2, 0.25) is 0 Å². The van der Waals surface area contributed by atoms with Gasteiger partial charge in [-0.15, -0.1) is 0 Å². The van der Waals surface area contributed by atoms with Crippen LogP contribution in [0.25, 0.3) is 10.9 Å². The maximum atomic E-state index is 9.08. The summed E-state index contributed by atoms with van der Waals surface area (Å²) in [4.78, 5) is 3.14. The molecule has 0 aliphatic heterocycles. The van der Waals surface area contributed by atoms with Gasteiger partial charge in [-0.2, -0.15) is 0 Å².